The highest BCUT2D eigenvalue weighted by atomic mass is 16.5. The Balaban J connectivity index is 1.78. The van der Waals surface area contributed by atoms with E-state index < -0.39 is 5.60 Å². The Bertz CT molecular complexity index is 634. The molecule has 0 unspecified atom stereocenters. The van der Waals surface area contributed by atoms with Gasteiger partial charge in [-0.05, 0) is 49.7 Å². The summed E-state index contributed by atoms with van der Waals surface area (Å²) in [6, 6.07) is 12.8. The van der Waals surface area contributed by atoms with Crippen LogP contribution in [0.3, 0.4) is 0 Å². The van der Waals surface area contributed by atoms with Crippen LogP contribution in [0.1, 0.15) is 19.4 Å². The number of hydrogen-bond donors (Lipinski definition) is 3. The van der Waals surface area contributed by atoms with Crippen molar-refractivity contribution in [1.29, 1.82) is 0 Å². The number of aliphatic hydroxyl groups is 1. The van der Waals surface area contributed by atoms with Crippen molar-refractivity contribution in [3.05, 3.63) is 48.0 Å². The van der Waals surface area contributed by atoms with Crippen molar-refractivity contribution in [2.45, 2.75) is 25.9 Å². The Kier molecular flexibility index (Phi) is 5.34. The lowest BCUT2D eigenvalue weighted by atomic mass is 9.99. The lowest BCUT2D eigenvalue weighted by Crippen LogP contribution is -2.21. The normalized spacial score (nSPS) is 11.3. The van der Waals surface area contributed by atoms with Gasteiger partial charge in [0.05, 0.1) is 11.3 Å². The standard InChI is InChI=1S/C18H24N2O3/c1-18(2,21)12-13-3-6-15(7-4-13)22-9-10-23-17-8-5-14(19)11-16(17)20/h3-8,11,21H,9-10,12,19-20H2,1-2H3. The van der Waals surface area contributed by atoms with Gasteiger partial charge in [0.25, 0.3) is 0 Å². The van der Waals surface area contributed by atoms with Crippen LogP contribution in [0, 0.1) is 0 Å². The van der Waals surface area contributed by atoms with Gasteiger partial charge in [-0.25, -0.2) is 0 Å². The lowest BCUT2D eigenvalue weighted by Gasteiger charge is -2.17. The van der Waals surface area contributed by atoms with Crippen molar-refractivity contribution in [2.75, 3.05) is 24.7 Å². The van der Waals surface area contributed by atoms with Crippen molar-refractivity contribution in [3.63, 3.8) is 0 Å². The first kappa shape index (κ1) is 17.0. The molecule has 0 atom stereocenters. The van der Waals surface area contributed by atoms with Crippen LogP contribution in [0.15, 0.2) is 42.5 Å². The minimum Gasteiger partial charge on any atom is -0.490 e. The minimum atomic E-state index is -0.713. The maximum absolute atomic E-state index is 9.80. The SMILES string of the molecule is CC(C)(O)Cc1ccc(OCCOc2ccc(N)cc2N)cc1. The minimum absolute atomic E-state index is 0.388. The molecule has 5 N–H and O–H groups in total. The average Bonchev–Trinajstić information content (AvgIpc) is 2.45. The molecule has 5 heteroatoms. The summed E-state index contributed by atoms with van der Waals surface area (Å²) in [6.45, 7) is 4.38. The molecule has 0 saturated heterocycles. The number of anilines is 2. The van der Waals surface area contributed by atoms with Crippen LogP contribution >= 0.6 is 0 Å². The number of ether oxygens (including phenoxy) is 2. The summed E-state index contributed by atoms with van der Waals surface area (Å²) in [5.41, 5.74) is 12.9. The Morgan fingerprint density at radius 2 is 1.61 bits per heavy atom. The molecule has 0 bridgehead atoms. The van der Waals surface area contributed by atoms with Gasteiger partial charge in [0.2, 0.25) is 0 Å². The zero-order chi connectivity index (χ0) is 16.9. The first-order valence-corrected chi connectivity index (χ1v) is 7.55. The van der Waals surface area contributed by atoms with E-state index in [1.165, 1.54) is 0 Å². The molecule has 0 aliphatic rings. The van der Waals surface area contributed by atoms with Gasteiger partial charge >= 0.3 is 0 Å². The van der Waals surface area contributed by atoms with Gasteiger partial charge in [-0.15, -0.1) is 0 Å². The van der Waals surface area contributed by atoms with E-state index in [0.717, 1.165) is 11.3 Å². The van der Waals surface area contributed by atoms with E-state index in [1.54, 1.807) is 32.0 Å². The van der Waals surface area contributed by atoms with Crippen LogP contribution in [0.4, 0.5) is 11.4 Å². The van der Waals surface area contributed by atoms with Gasteiger partial charge in [0.1, 0.15) is 24.7 Å². The van der Waals surface area contributed by atoms with Gasteiger partial charge < -0.3 is 26.0 Å². The summed E-state index contributed by atoms with van der Waals surface area (Å²) in [5.74, 6) is 1.36. The van der Waals surface area contributed by atoms with E-state index in [9.17, 15) is 5.11 Å². The summed E-state index contributed by atoms with van der Waals surface area (Å²) in [7, 11) is 0. The average molecular weight is 316 g/mol. The Hall–Kier alpha value is -2.40. The molecule has 2 aromatic carbocycles. The maximum atomic E-state index is 9.80. The second-order valence-electron chi connectivity index (χ2n) is 6.13. The third-order valence-corrected chi connectivity index (χ3v) is 3.20. The van der Waals surface area contributed by atoms with Crippen molar-refractivity contribution in [2.24, 2.45) is 0 Å². The summed E-state index contributed by atoms with van der Waals surface area (Å²) in [4.78, 5) is 0. The molecule has 0 fully saturated rings. The zero-order valence-electron chi connectivity index (χ0n) is 13.6. The molecule has 0 aliphatic heterocycles. The summed E-state index contributed by atoms with van der Waals surface area (Å²) in [6.07, 6.45) is 0.604. The van der Waals surface area contributed by atoms with Crippen LogP contribution in [0.5, 0.6) is 11.5 Å². The third-order valence-electron chi connectivity index (χ3n) is 3.20. The number of rotatable bonds is 7. The smallest absolute Gasteiger partial charge is 0.142 e. The molecule has 124 valence electrons. The van der Waals surface area contributed by atoms with Gasteiger partial charge in [-0.2, -0.15) is 0 Å². The highest BCUT2D eigenvalue weighted by Crippen LogP contribution is 2.23. The van der Waals surface area contributed by atoms with E-state index in [2.05, 4.69) is 0 Å². The van der Waals surface area contributed by atoms with E-state index in [1.807, 2.05) is 24.3 Å². The summed E-state index contributed by atoms with van der Waals surface area (Å²) >= 11 is 0. The topological polar surface area (TPSA) is 90.7 Å². The van der Waals surface area contributed by atoms with Crippen LogP contribution in [-0.4, -0.2) is 23.9 Å². The van der Waals surface area contributed by atoms with E-state index in [0.29, 0.717) is 36.8 Å². The Morgan fingerprint density at radius 1 is 0.957 bits per heavy atom. The molecule has 0 radical (unpaired) electrons. The number of benzene rings is 2. The zero-order valence-corrected chi connectivity index (χ0v) is 13.6. The van der Waals surface area contributed by atoms with Crippen molar-refractivity contribution < 1.29 is 14.6 Å². The van der Waals surface area contributed by atoms with Crippen molar-refractivity contribution in [1.82, 2.24) is 0 Å². The largest absolute Gasteiger partial charge is 0.490 e. The first-order valence-electron chi connectivity index (χ1n) is 7.55. The maximum Gasteiger partial charge on any atom is 0.142 e. The fourth-order valence-electron chi connectivity index (χ4n) is 2.21. The highest BCUT2D eigenvalue weighted by Gasteiger charge is 2.13. The molecule has 5 nitrogen and oxygen atoms in total. The first-order chi connectivity index (χ1) is 10.8. The summed E-state index contributed by atoms with van der Waals surface area (Å²) in [5, 5.41) is 9.80. The molecular weight excluding hydrogens is 292 g/mol. The van der Waals surface area contributed by atoms with Crippen molar-refractivity contribution in [3.8, 4) is 11.5 Å². The van der Waals surface area contributed by atoms with Crippen molar-refractivity contribution >= 4 is 11.4 Å². The van der Waals surface area contributed by atoms with Gasteiger partial charge in [-0.1, -0.05) is 12.1 Å². The van der Waals surface area contributed by atoms with Crippen LogP contribution in [0.2, 0.25) is 0 Å². The van der Waals surface area contributed by atoms with E-state index in [-0.39, 0.29) is 0 Å². The molecule has 23 heavy (non-hydrogen) atoms. The fourth-order valence-corrected chi connectivity index (χ4v) is 2.21. The Morgan fingerprint density at radius 3 is 2.22 bits per heavy atom. The lowest BCUT2D eigenvalue weighted by molar-refractivity contribution is 0.0810. The molecule has 0 saturated carbocycles. The molecule has 2 rings (SSSR count). The fraction of sp³-hybridized carbons (Fsp3) is 0.333. The molecular formula is C18H24N2O3. The molecule has 0 amide bonds. The summed E-state index contributed by atoms with van der Waals surface area (Å²) < 4.78 is 11.2. The predicted octanol–water partition coefficient (Wildman–Crippen LogP) is 2.62. The second-order valence-corrected chi connectivity index (χ2v) is 6.13. The molecule has 2 aromatic rings. The highest BCUT2D eigenvalue weighted by molar-refractivity contribution is 5.60. The van der Waals surface area contributed by atoms with Crippen LogP contribution < -0.4 is 20.9 Å². The van der Waals surface area contributed by atoms with Gasteiger partial charge in [0, 0.05) is 12.1 Å². The molecule has 0 aliphatic carbocycles. The molecule has 0 heterocycles. The third kappa shape index (κ3) is 5.71. The second kappa shape index (κ2) is 7.24. The number of nitrogens with two attached hydrogens (primary N) is 2. The monoisotopic (exact) mass is 316 g/mol. The number of nitrogen functional groups attached to an aromatic ring is 2. The van der Waals surface area contributed by atoms with Crippen LogP contribution in [-0.2, 0) is 6.42 Å². The van der Waals surface area contributed by atoms with E-state index in [4.69, 9.17) is 20.9 Å². The van der Waals surface area contributed by atoms with Gasteiger partial charge in [-0.3, -0.25) is 0 Å². The quantitative estimate of drug-likeness (QED) is 0.539. The van der Waals surface area contributed by atoms with Gasteiger partial charge in [0.15, 0.2) is 0 Å². The molecule has 0 aromatic heterocycles. The van der Waals surface area contributed by atoms with E-state index >= 15 is 0 Å². The number of hydrogen-bond acceptors (Lipinski definition) is 5. The molecule has 0 spiro atoms. The predicted molar refractivity (Wildman–Crippen MR) is 92.7 cm³/mol. The Labute approximate surface area is 136 Å². The van der Waals surface area contributed by atoms with Crippen LogP contribution in [0.25, 0.3) is 0 Å².